The number of amides is 2. The molecule has 0 N–H and O–H groups in total. The number of carbonyl (C=O) groups excluding carboxylic acids is 2. The van der Waals surface area contributed by atoms with Gasteiger partial charge in [-0.15, -0.1) is 0 Å². The van der Waals surface area contributed by atoms with Crippen molar-refractivity contribution in [3.63, 3.8) is 0 Å². The van der Waals surface area contributed by atoms with Crippen LogP contribution >= 0.6 is 47.0 Å². The van der Waals surface area contributed by atoms with Crippen LogP contribution in [0.15, 0.2) is 12.2 Å². The van der Waals surface area contributed by atoms with Crippen LogP contribution < -0.4 is 0 Å². The number of carbonyl (C=O) groups is 2. The molecule has 2 amide bonds. The first-order chi connectivity index (χ1) is 7.79. The van der Waals surface area contributed by atoms with Gasteiger partial charge in [0.15, 0.2) is 0 Å². The van der Waals surface area contributed by atoms with E-state index in [-0.39, 0.29) is 5.92 Å². The molecule has 2 aliphatic carbocycles. The summed E-state index contributed by atoms with van der Waals surface area (Å²) in [5.74, 6) is -1.55. The fourth-order valence-corrected chi connectivity index (χ4v) is 3.92. The molecule has 1 saturated heterocycles. The van der Waals surface area contributed by atoms with Crippen LogP contribution in [0.3, 0.4) is 0 Å². The van der Waals surface area contributed by atoms with Crippen molar-refractivity contribution < 1.29 is 9.59 Å². The molecule has 0 radical (unpaired) electrons. The molecule has 17 heavy (non-hydrogen) atoms. The topological polar surface area (TPSA) is 37.4 Å². The maximum Gasteiger partial charge on any atom is 0.276 e. The zero-order chi connectivity index (χ0) is 12.6. The number of rotatable bonds is 0. The molecule has 0 aromatic rings. The minimum Gasteiger partial charge on any atom is -0.274 e. The maximum absolute atomic E-state index is 12.3. The third-order valence-electron chi connectivity index (χ3n) is 3.67. The summed E-state index contributed by atoms with van der Waals surface area (Å²) < 4.78 is -2.05. The minimum absolute atomic E-state index is 0.0282. The Morgan fingerprint density at radius 1 is 1.41 bits per heavy atom. The Labute approximate surface area is 118 Å². The molecule has 3 unspecified atom stereocenters. The highest BCUT2D eigenvalue weighted by atomic mass is 35.6. The highest BCUT2D eigenvalue weighted by Gasteiger charge is 2.69. The number of allylic oxidation sites excluding steroid dienone is 1. The number of thiocarbonyl (C=S) groups is 1. The normalized spacial score (nSPS) is 39.5. The molecule has 3 nitrogen and oxygen atoms in total. The Balaban J connectivity index is 2.14. The maximum atomic E-state index is 12.3. The summed E-state index contributed by atoms with van der Waals surface area (Å²) in [7, 11) is 0. The fraction of sp³-hybridized carbons (Fsp3) is 0.500. The largest absolute Gasteiger partial charge is 0.276 e. The summed E-state index contributed by atoms with van der Waals surface area (Å²) in [4.78, 5) is 25.8. The van der Waals surface area contributed by atoms with Gasteiger partial charge in [0.25, 0.3) is 3.92 Å². The van der Waals surface area contributed by atoms with Crippen molar-refractivity contribution in [2.75, 3.05) is 0 Å². The predicted octanol–water partition coefficient (Wildman–Crippen LogP) is 2.25. The predicted molar refractivity (Wildman–Crippen MR) is 67.9 cm³/mol. The quantitative estimate of drug-likeness (QED) is 0.226. The van der Waals surface area contributed by atoms with Gasteiger partial charge >= 0.3 is 0 Å². The van der Waals surface area contributed by atoms with E-state index in [0.29, 0.717) is 16.2 Å². The van der Waals surface area contributed by atoms with Gasteiger partial charge in [0, 0.05) is 10.8 Å². The van der Waals surface area contributed by atoms with Crippen molar-refractivity contribution in [2.24, 2.45) is 17.3 Å². The number of alkyl halides is 3. The number of fused-ring (bicyclic) bond motifs is 1. The van der Waals surface area contributed by atoms with Gasteiger partial charge in [-0.2, -0.15) is 0 Å². The lowest BCUT2D eigenvalue weighted by atomic mass is 9.80. The molecule has 1 heterocycles. The lowest BCUT2D eigenvalue weighted by molar-refractivity contribution is -0.141. The van der Waals surface area contributed by atoms with E-state index < -0.39 is 27.1 Å². The zero-order valence-corrected chi connectivity index (χ0v) is 11.4. The SMILES string of the molecule is O=C1C2C(=S)C3C=CC2(C3)C(=O)N1C(Cl)(Cl)Cl. The summed E-state index contributed by atoms with van der Waals surface area (Å²) >= 11 is 22.2. The molecule has 3 atom stereocenters. The van der Waals surface area contributed by atoms with Gasteiger partial charge in [-0.1, -0.05) is 59.2 Å². The minimum atomic E-state index is -2.05. The second-order valence-corrected chi connectivity index (χ2v) is 7.18. The van der Waals surface area contributed by atoms with Crippen LogP contribution in [-0.2, 0) is 9.59 Å². The highest BCUT2D eigenvalue weighted by Crippen LogP contribution is 2.58. The summed E-state index contributed by atoms with van der Waals surface area (Å²) in [6.07, 6.45) is 4.14. The smallest absolute Gasteiger partial charge is 0.274 e. The number of likely N-dealkylation sites (tertiary alicyclic amines) is 1. The highest BCUT2D eigenvalue weighted by molar-refractivity contribution is 7.80. The van der Waals surface area contributed by atoms with E-state index in [2.05, 4.69) is 0 Å². The van der Waals surface area contributed by atoms with Crippen molar-refractivity contribution in [3.8, 4) is 0 Å². The monoisotopic (exact) mass is 309 g/mol. The van der Waals surface area contributed by atoms with Gasteiger partial charge in [-0.25, -0.2) is 4.90 Å². The number of halogens is 3. The van der Waals surface area contributed by atoms with Gasteiger partial charge in [-0.3, -0.25) is 9.59 Å². The molecule has 0 aromatic carbocycles. The fourth-order valence-electron chi connectivity index (χ4n) is 2.97. The molecule has 1 saturated carbocycles. The van der Waals surface area contributed by atoms with Crippen LogP contribution in [0.4, 0.5) is 0 Å². The van der Waals surface area contributed by atoms with Crippen molar-refractivity contribution in [1.82, 2.24) is 4.90 Å². The van der Waals surface area contributed by atoms with Crippen LogP contribution in [0, 0.1) is 17.3 Å². The summed E-state index contributed by atoms with van der Waals surface area (Å²) in [6, 6.07) is 0. The average molecular weight is 311 g/mol. The van der Waals surface area contributed by atoms with Gasteiger partial charge < -0.3 is 0 Å². The summed E-state index contributed by atoms with van der Waals surface area (Å²) in [5.41, 5.74) is -0.886. The first-order valence-electron chi connectivity index (χ1n) is 4.97. The number of imide groups is 1. The molecular formula is C10H6Cl3NO2S. The molecular weight excluding hydrogens is 305 g/mol. The number of nitrogens with zero attached hydrogens (tertiary/aromatic N) is 1. The molecule has 1 aliphatic heterocycles. The van der Waals surface area contributed by atoms with Gasteiger partial charge in [0.1, 0.15) is 0 Å². The van der Waals surface area contributed by atoms with Crippen molar-refractivity contribution in [1.29, 1.82) is 0 Å². The number of hydrogen-bond donors (Lipinski definition) is 0. The molecule has 3 rings (SSSR count). The van der Waals surface area contributed by atoms with Crippen molar-refractivity contribution in [2.45, 2.75) is 10.3 Å². The third-order valence-corrected chi connectivity index (χ3v) is 4.72. The van der Waals surface area contributed by atoms with Crippen molar-refractivity contribution in [3.05, 3.63) is 12.2 Å². The van der Waals surface area contributed by atoms with E-state index in [1.807, 2.05) is 6.08 Å². The van der Waals surface area contributed by atoms with E-state index >= 15 is 0 Å². The molecule has 0 aromatic heterocycles. The molecule has 90 valence electrons. The van der Waals surface area contributed by atoms with Crippen LogP contribution in [0.1, 0.15) is 6.42 Å². The Morgan fingerprint density at radius 3 is 2.59 bits per heavy atom. The molecule has 3 aliphatic rings. The van der Waals surface area contributed by atoms with Gasteiger partial charge in [-0.05, 0) is 6.42 Å². The standard InChI is InChI=1S/C10H6Cl3NO2S/c11-10(12,13)14-7(15)5-6(17)4-1-2-9(5,3-4)8(14)16/h1-2,4-5H,3H2. The number of hydrogen-bond acceptors (Lipinski definition) is 3. The molecule has 2 bridgehead atoms. The van der Waals surface area contributed by atoms with Crippen molar-refractivity contribution >= 4 is 63.7 Å². The molecule has 1 spiro atoms. The molecule has 7 heteroatoms. The van der Waals surface area contributed by atoms with Crippen LogP contribution in [0.2, 0.25) is 0 Å². The van der Waals surface area contributed by atoms with E-state index in [1.54, 1.807) is 6.08 Å². The van der Waals surface area contributed by atoms with Gasteiger partial charge in [0.2, 0.25) is 11.8 Å². The van der Waals surface area contributed by atoms with Crippen LogP contribution in [-0.4, -0.2) is 25.5 Å². The average Bonchev–Trinajstić information content (AvgIpc) is 2.77. The third kappa shape index (κ3) is 1.27. The second-order valence-electron chi connectivity index (χ2n) is 4.49. The van der Waals surface area contributed by atoms with E-state index in [0.717, 1.165) is 0 Å². The first kappa shape index (κ1) is 11.9. The molecule has 2 fully saturated rings. The first-order valence-corrected chi connectivity index (χ1v) is 6.51. The van der Waals surface area contributed by atoms with E-state index in [4.69, 9.17) is 47.0 Å². The lowest BCUT2D eigenvalue weighted by Crippen LogP contribution is -2.42. The summed E-state index contributed by atoms with van der Waals surface area (Å²) in [5, 5.41) is 0. The zero-order valence-electron chi connectivity index (χ0n) is 8.32. The summed E-state index contributed by atoms with van der Waals surface area (Å²) in [6.45, 7) is 0. The lowest BCUT2D eigenvalue weighted by Gasteiger charge is -2.24. The Hall–Kier alpha value is -0.160. The van der Waals surface area contributed by atoms with Crippen LogP contribution in [0.5, 0.6) is 0 Å². The Morgan fingerprint density at radius 2 is 2.06 bits per heavy atom. The second kappa shape index (κ2) is 3.23. The Kier molecular flexibility index (Phi) is 2.26. The van der Waals surface area contributed by atoms with E-state index in [9.17, 15) is 9.59 Å². The Bertz CT molecular complexity index is 498. The van der Waals surface area contributed by atoms with Crippen LogP contribution in [0.25, 0.3) is 0 Å². The van der Waals surface area contributed by atoms with E-state index in [1.165, 1.54) is 0 Å². The van der Waals surface area contributed by atoms with Gasteiger partial charge in [0.05, 0.1) is 11.3 Å².